The molecule has 30 heavy (non-hydrogen) atoms. The number of rotatable bonds is 10. The SMILES string of the molecule is COCCN(CC(=O)N(Cc1ccc2c(c1)OCO2)Cc1cccs1)C(=O)C(C)Cl. The van der Waals surface area contributed by atoms with E-state index in [2.05, 4.69) is 0 Å². The third-order valence-electron chi connectivity index (χ3n) is 4.63. The van der Waals surface area contributed by atoms with Gasteiger partial charge in [-0.25, -0.2) is 0 Å². The molecule has 0 aliphatic carbocycles. The van der Waals surface area contributed by atoms with Crippen molar-refractivity contribution in [2.75, 3.05) is 33.6 Å². The van der Waals surface area contributed by atoms with Crippen LogP contribution in [0.25, 0.3) is 0 Å². The highest BCUT2D eigenvalue weighted by Crippen LogP contribution is 2.33. The van der Waals surface area contributed by atoms with Gasteiger partial charge in [-0.1, -0.05) is 12.1 Å². The largest absolute Gasteiger partial charge is 0.454 e. The molecule has 1 aromatic carbocycles. The zero-order valence-corrected chi connectivity index (χ0v) is 18.6. The summed E-state index contributed by atoms with van der Waals surface area (Å²) in [5.41, 5.74) is 0.921. The number of hydrogen-bond acceptors (Lipinski definition) is 6. The Kier molecular flexibility index (Phi) is 7.95. The maximum Gasteiger partial charge on any atom is 0.242 e. The van der Waals surface area contributed by atoms with E-state index in [0.717, 1.165) is 10.4 Å². The van der Waals surface area contributed by atoms with Gasteiger partial charge in [-0.2, -0.15) is 0 Å². The van der Waals surface area contributed by atoms with Gasteiger partial charge < -0.3 is 24.0 Å². The summed E-state index contributed by atoms with van der Waals surface area (Å²) < 4.78 is 15.9. The molecular weight excluding hydrogens is 428 g/mol. The van der Waals surface area contributed by atoms with E-state index >= 15 is 0 Å². The minimum absolute atomic E-state index is 0.0603. The molecule has 1 atom stereocenters. The smallest absolute Gasteiger partial charge is 0.242 e. The molecule has 162 valence electrons. The van der Waals surface area contributed by atoms with Gasteiger partial charge in [0, 0.05) is 25.1 Å². The normalized spacial score (nSPS) is 13.2. The zero-order chi connectivity index (χ0) is 21.5. The van der Waals surface area contributed by atoms with Crippen LogP contribution in [0.15, 0.2) is 35.7 Å². The number of benzene rings is 1. The predicted octanol–water partition coefficient (Wildman–Crippen LogP) is 3.11. The minimum atomic E-state index is -0.714. The molecule has 0 radical (unpaired) electrons. The van der Waals surface area contributed by atoms with Crippen LogP contribution in [0.3, 0.4) is 0 Å². The molecule has 2 amide bonds. The zero-order valence-electron chi connectivity index (χ0n) is 17.0. The lowest BCUT2D eigenvalue weighted by Crippen LogP contribution is -2.45. The first-order valence-corrected chi connectivity index (χ1v) is 10.9. The van der Waals surface area contributed by atoms with Gasteiger partial charge in [-0.15, -0.1) is 22.9 Å². The Morgan fingerprint density at radius 1 is 1.20 bits per heavy atom. The fraction of sp³-hybridized carbons (Fsp3) is 0.429. The van der Waals surface area contributed by atoms with Crippen LogP contribution in [0, 0.1) is 0 Å². The van der Waals surface area contributed by atoms with E-state index in [1.54, 1.807) is 30.3 Å². The summed E-state index contributed by atoms with van der Waals surface area (Å²) in [6, 6.07) is 9.57. The molecule has 9 heteroatoms. The second kappa shape index (κ2) is 10.7. The number of carbonyl (C=O) groups excluding carboxylic acids is 2. The number of fused-ring (bicyclic) bond motifs is 1. The average molecular weight is 453 g/mol. The molecule has 0 saturated carbocycles. The highest BCUT2D eigenvalue weighted by molar-refractivity contribution is 7.09. The summed E-state index contributed by atoms with van der Waals surface area (Å²) in [6.07, 6.45) is 0. The second-order valence-electron chi connectivity index (χ2n) is 6.89. The van der Waals surface area contributed by atoms with Gasteiger partial charge in [-0.05, 0) is 36.1 Å². The number of halogens is 1. The van der Waals surface area contributed by atoms with Crippen molar-refractivity contribution in [3.05, 3.63) is 46.2 Å². The lowest BCUT2D eigenvalue weighted by molar-refractivity contribution is -0.141. The first-order chi connectivity index (χ1) is 14.5. The van der Waals surface area contributed by atoms with Gasteiger partial charge in [-0.3, -0.25) is 9.59 Å². The summed E-state index contributed by atoms with van der Waals surface area (Å²) in [5.74, 6) is 0.912. The van der Waals surface area contributed by atoms with Crippen LogP contribution in [0.4, 0.5) is 0 Å². The number of carbonyl (C=O) groups is 2. The van der Waals surface area contributed by atoms with Gasteiger partial charge in [0.1, 0.15) is 5.38 Å². The number of ether oxygens (including phenoxy) is 3. The van der Waals surface area contributed by atoms with E-state index in [9.17, 15) is 9.59 Å². The van der Waals surface area contributed by atoms with Crippen molar-refractivity contribution in [2.45, 2.75) is 25.4 Å². The van der Waals surface area contributed by atoms with Crippen LogP contribution < -0.4 is 9.47 Å². The van der Waals surface area contributed by atoms with Crippen LogP contribution in [0.2, 0.25) is 0 Å². The predicted molar refractivity (Wildman–Crippen MR) is 115 cm³/mol. The van der Waals surface area contributed by atoms with Crippen molar-refractivity contribution in [1.82, 2.24) is 9.80 Å². The van der Waals surface area contributed by atoms with Gasteiger partial charge in [0.2, 0.25) is 18.6 Å². The Bertz CT molecular complexity index is 859. The van der Waals surface area contributed by atoms with Crippen molar-refractivity contribution in [3.8, 4) is 11.5 Å². The van der Waals surface area contributed by atoms with Gasteiger partial charge >= 0.3 is 0 Å². The summed E-state index contributed by atoms with van der Waals surface area (Å²) in [6.45, 7) is 3.21. The number of hydrogen-bond donors (Lipinski definition) is 0. The van der Waals surface area contributed by atoms with Crippen LogP contribution in [0.1, 0.15) is 17.4 Å². The quantitative estimate of drug-likeness (QED) is 0.518. The van der Waals surface area contributed by atoms with Crippen molar-refractivity contribution in [3.63, 3.8) is 0 Å². The van der Waals surface area contributed by atoms with E-state index in [1.165, 1.54) is 4.90 Å². The highest BCUT2D eigenvalue weighted by atomic mass is 35.5. The fourth-order valence-electron chi connectivity index (χ4n) is 3.07. The monoisotopic (exact) mass is 452 g/mol. The van der Waals surface area contributed by atoms with Crippen LogP contribution in [-0.2, 0) is 27.4 Å². The third kappa shape index (κ3) is 5.87. The summed E-state index contributed by atoms with van der Waals surface area (Å²) in [4.78, 5) is 29.9. The first-order valence-electron chi connectivity index (χ1n) is 9.58. The first kappa shape index (κ1) is 22.4. The van der Waals surface area contributed by atoms with Gasteiger partial charge in [0.15, 0.2) is 11.5 Å². The second-order valence-corrected chi connectivity index (χ2v) is 8.57. The van der Waals surface area contributed by atoms with E-state index in [1.807, 2.05) is 35.7 Å². The van der Waals surface area contributed by atoms with Crippen molar-refractivity contribution >= 4 is 34.8 Å². The molecule has 1 unspecified atom stereocenters. The molecule has 2 aromatic rings. The lowest BCUT2D eigenvalue weighted by atomic mass is 10.2. The van der Waals surface area contributed by atoms with Crippen molar-refractivity contribution in [1.29, 1.82) is 0 Å². The Labute approximate surface area is 185 Å². The molecule has 1 aliphatic rings. The molecule has 0 spiro atoms. The number of thiophene rings is 1. The Morgan fingerprint density at radius 2 is 2.00 bits per heavy atom. The molecule has 1 aliphatic heterocycles. The summed E-state index contributed by atoms with van der Waals surface area (Å²) >= 11 is 7.57. The topological polar surface area (TPSA) is 68.3 Å². The minimum Gasteiger partial charge on any atom is -0.454 e. The van der Waals surface area contributed by atoms with Crippen molar-refractivity contribution in [2.24, 2.45) is 0 Å². The standard InChI is InChI=1S/C21H25ClN2O5S/c1-15(22)21(26)23(7-8-27-2)13-20(25)24(12-17-4-3-9-30-17)11-16-5-6-18-19(10-16)29-14-28-18/h3-6,9-10,15H,7-8,11-14H2,1-2H3. The van der Waals surface area contributed by atoms with E-state index in [0.29, 0.717) is 37.7 Å². The van der Waals surface area contributed by atoms with E-state index in [-0.39, 0.29) is 25.2 Å². The van der Waals surface area contributed by atoms with Crippen LogP contribution in [-0.4, -0.2) is 60.6 Å². The Morgan fingerprint density at radius 3 is 2.70 bits per heavy atom. The van der Waals surface area contributed by atoms with Crippen molar-refractivity contribution < 1.29 is 23.8 Å². The van der Waals surface area contributed by atoms with Gasteiger partial charge in [0.25, 0.3) is 0 Å². The average Bonchev–Trinajstić information content (AvgIpc) is 3.41. The lowest BCUT2D eigenvalue weighted by Gasteiger charge is -2.28. The molecule has 0 saturated heterocycles. The molecule has 7 nitrogen and oxygen atoms in total. The maximum atomic E-state index is 13.2. The third-order valence-corrected chi connectivity index (χ3v) is 5.68. The Hall–Kier alpha value is -2.29. The van der Waals surface area contributed by atoms with Gasteiger partial charge in [0.05, 0.1) is 19.7 Å². The highest BCUT2D eigenvalue weighted by Gasteiger charge is 2.25. The molecule has 0 N–H and O–H groups in total. The number of alkyl halides is 1. The molecular formula is C21H25ClN2O5S. The van der Waals surface area contributed by atoms with Crippen LogP contribution in [0.5, 0.6) is 11.5 Å². The number of methoxy groups -OCH3 is 1. The van der Waals surface area contributed by atoms with Crippen LogP contribution >= 0.6 is 22.9 Å². The molecule has 3 rings (SSSR count). The molecule has 1 aromatic heterocycles. The van der Waals surface area contributed by atoms with E-state index < -0.39 is 5.38 Å². The summed E-state index contributed by atoms with van der Waals surface area (Å²) in [7, 11) is 1.55. The number of amides is 2. The molecule has 0 bridgehead atoms. The molecule has 0 fully saturated rings. The fourth-order valence-corrected chi connectivity index (χ4v) is 3.92. The van der Waals surface area contributed by atoms with E-state index in [4.69, 9.17) is 25.8 Å². The molecule has 2 heterocycles. The maximum absolute atomic E-state index is 13.2. The number of nitrogens with zero attached hydrogens (tertiary/aromatic N) is 2. The Balaban J connectivity index is 1.76. The summed E-state index contributed by atoms with van der Waals surface area (Å²) in [5, 5.41) is 1.26.